The van der Waals surface area contributed by atoms with Crippen molar-refractivity contribution in [3.05, 3.63) is 58.6 Å². The average Bonchev–Trinajstić information content (AvgIpc) is 2.62. The number of rotatable bonds is 5. The summed E-state index contributed by atoms with van der Waals surface area (Å²) in [6, 6.07) is 16.4. The number of nitrogens with zero attached hydrogens (tertiary/aromatic N) is 1. The largest absolute Gasteiger partial charge is 0.325 e. The Morgan fingerprint density at radius 3 is 2.92 bits per heavy atom. The summed E-state index contributed by atoms with van der Waals surface area (Å²) in [6.07, 6.45) is 4.06. The fraction of sp³-hybridized carbons (Fsp3) is 0.350. The van der Waals surface area contributed by atoms with E-state index in [9.17, 15) is 4.79 Å². The maximum absolute atomic E-state index is 12.7. The van der Waals surface area contributed by atoms with Crippen LogP contribution >= 0.6 is 27.7 Å². The highest BCUT2D eigenvalue weighted by Gasteiger charge is 2.26. The average molecular weight is 419 g/mol. The lowest BCUT2D eigenvalue weighted by Gasteiger charge is -2.32. The summed E-state index contributed by atoms with van der Waals surface area (Å²) >= 11 is 5.19. The maximum Gasteiger partial charge on any atom is 0.228 e. The van der Waals surface area contributed by atoms with Crippen LogP contribution in [0.5, 0.6) is 0 Å². The number of thioether (sulfide) groups is 1. The monoisotopic (exact) mass is 418 g/mol. The molecule has 0 spiro atoms. The van der Waals surface area contributed by atoms with Gasteiger partial charge in [-0.1, -0.05) is 40.2 Å². The fourth-order valence-corrected chi connectivity index (χ4v) is 4.29. The molecule has 1 unspecified atom stereocenters. The van der Waals surface area contributed by atoms with Gasteiger partial charge in [-0.15, -0.1) is 11.8 Å². The van der Waals surface area contributed by atoms with Crippen molar-refractivity contribution in [3.8, 4) is 0 Å². The van der Waals surface area contributed by atoms with Crippen LogP contribution < -0.4 is 5.32 Å². The van der Waals surface area contributed by atoms with E-state index in [4.69, 9.17) is 0 Å². The van der Waals surface area contributed by atoms with E-state index >= 15 is 0 Å². The molecule has 0 aromatic heterocycles. The number of amides is 1. The van der Waals surface area contributed by atoms with Crippen LogP contribution in [0.2, 0.25) is 0 Å². The molecule has 0 bridgehead atoms. The Bertz CT molecular complexity index is 737. The standard InChI is InChI=1S/C20H23BrN2OS/c1-25-19-10-3-2-9-18(19)22-20(24)16-7-5-11-23(14-16)13-15-6-4-8-17(21)12-15/h2-4,6,8-10,12,16H,5,7,11,13-14H2,1H3,(H,22,24). The second-order valence-corrected chi connectivity index (χ2v) is 8.16. The highest BCUT2D eigenvalue weighted by atomic mass is 79.9. The Kier molecular flexibility index (Phi) is 6.57. The molecular formula is C20H23BrN2OS. The number of carbonyl (C=O) groups excluding carboxylic acids is 1. The van der Waals surface area contributed by atoms with Crippen molar-refractivity contribution < 1.29 is 4.79 Å². The van der Waals surface area contributed by atoms with Crippen LogP contribution in [-0.4, -0.2) is 30.2 Å². The van der Waals surface area contributed by atoms with Crippen molar-refractivity contribution in [2.24, 2.45) is 5.92 Å². The number of anilines is 1. The number of benzene rings is 2. The second-order valence-electron chi connectivity index (χ2n) is 6.39. The Morgan fingerprint density at radius 2 is 2.12 bits per heavy atom. The molecule has 0 radical (unpaired) electrons. The van der Waals surface area contributed by atoms with Crippen molar-refractivity contribution in [1.29, 1.82) is 0 Å². The van der Waals surface area contributed by atoms with Gasteiger partial charge in [0, 0.05) is 22.5 Å². The first kappa shape index (κ1) is 18.5. The summed E-state index contributed by atoms with van der Waals surface area (Å²) in [5.41, 5.74) is 2.20. The molecule has 0 saturated carbocycles. The number of likely N-dealkylation sites (tertiary alicyclic amines) is 1. The molecule has 2 aromatic carbocycles. The Balaban J connectivity index is 1.61. The van der Waals surface area contributed by atoms with E-state index in [-0.39, 0.29) is 11.8 Å². The molecule has 25 heavy (non-hydrogen) atoms. The topological polar surface area (TPSA) is 32.3 Å². The van der Waals surface area contributed by atoms with E-state index in [2.05, 4.69) is 44.3 Å². The maximum atomic E-state index is 12.7. The predicted molar refractivity (Wildman–Crippen MR) is 109 cm³/mol. The minimum atomic E-state index is 0.0517. The van der Waals surface area contributed by atoms with Gasteiger partial charge in [-0.3, -0.25) is 9.69 Å². The Labute approximate surface area is 162 Å². The van der Waals surface area contributed by atoms with Crippen LogP contribution in [0, 0.1) is 5.92 Å². The third-order valence-corrected chi connectivity index (χ3v) is 5.83. The van der Waals surface area contributed by atoms with Crippen molar-refractivity contribution in [1.82, 2.24) is 4.90 Å². The molecule has 1 fully saturated rings. The molecule has 0 aliphatic carbocycles. The molecule has 2 aromatic rings. The van der Waals surface area contributed by atoms with E-state index in [1.807, 2.05) is 36.6 Å². The zero-order valence-electron chi connectivity index (χ0n) is 14.4. The first-order chi connectivity index (χ1) is 12.2. The molecule has 3 nitrogen and oxygen atoms in total. The van der Waals surface area contributed by atoms with Gasteiger partial charge in [0.1, 0.15) is 0 Å². The molecule has 1 heterocycles. The van der Waals surface area contributed by atoms with Gasteiger partial charge in [0.25, 0.3) is 0 Å². The van der Waals surface area contributed by atoms with Gasteiger partial charge in [-0.2, -0.15) is 0 Å². The Hall–Kier alpha value is -1.30. The molecule has 1 amide bonds. The molecule has 3 rings (SSSR count). The number of hydrogen-bond donors (Lipinski definition) is 1. The van der Waals surface area contributed by atoms with Crippen molar-refractivity contribution in [2.45, 2.75) is 24.3 Å². The minimum absolute atomic E-state index is 0.0517. The molecule has 1 saturated heterocycles. The quantitative estimate of drug-likeness (QED) is 0.691. The number of carbonyl (C=O) groups is 1. The number of nitrogens with one attached hydrogen (secondary N) is 1. The van der Waals surface area contributed by atoms with Gasteiger partial charge in [-0.05, 0) is 55.5 Å². The molecular weight excluding hydrogens is 396 g/mol. The van der Waals surface area contributed by atoms with Gasteiger partial charge in [0.05, 0.1) is 11.6 Å². The van der Waals surface area contributed by atoms with Crippen LogP contribution in [0.1, 0.15) is 18.4 Å². The first-order valence-corrected chi connectivity index (χ1v) is 10.6. The molecule has 5 heteroatoms. The minimum Gasteiger partial charge on any atom is -0.325 e. The number of halogens is 1. The van der Waals surface area contributed by atoms with E-state index < -0.39 is 0 Å². The van der Waals surface area contributed by atoms with Crippen molar-refractivity contribution >= 4 is 39.3 Å². The van der Waals surface area contributed by atoms with Gasteiger partial charge in [-0.25, -0.2) is 0 Å². The number of piperidine rings is 1. The second kappa shape index (κ2) is 8.88. The third-order valence-electron chi connectivity index (χ3n) is 4.54. The first-order valence-electron chi connectivity index (χ1n) is 8.56. The van der Waals surface area contributed by atoms with Crippen LogP contribution in [0.25, 0.3) is 0 Å². The zero-order valence-corrected chi connectivity index (χ0v) is 16.8. The molecule has 1 N–H and O–H groups in total. The lowest BCUT2D eigenvalue weighted by Crippen LogP contribution is -2.40. The SMILES string of the molecule is CSc1ccccc1NC(=O)C1CCCN(Cc2cccc(Br)c2)C1. The van der Waals surface area contributed by atoms with Crippen LogP contribution in [-0.2, 0) is 11.3 Å². The summed E-state index contributed by atoms with van der Waals surface area (Å²) in [4.78, 5) is 16.2. The van der Waals surface area contributed by atoms with Gasteiger partial charge < -0.3 is 5.32 Å². The summed E-state index contributed by atoms with van der Waals surface area (Å²) in [7, 11) is 0. The summed E-state index contributed by atoms with van der Waals surface area (Å²) < 4.78 is 1.10. The number of hydrogen-bond acceptors (Lipinski definition) is 3. The van der Waals surface area contributed by atoms with E-state index in [0.717, 1.165) is 47.5 Å². The van der Waals surface area contributed by atoms with Crippen LogP contribution in [0.3, 0.4) is 0 Å². The third kappa shape index (κ3) is 5.09. The van der Waals surface area contributed by atoms with Gasteiger partial charge >= 0.3 is 0 Å². The van der Waals surface area contributed by atoms with E-state index in [0.29, 0.717) is 0 Å². The van der Waals surface area contributed by atoms with Crippen molar-refractivity contribution in [3.63, 3.8) is 0 Å². The highest BCUT2D eigenvalue weighted by Crippen LogP contribution is 2.27. The van der Waals surface area contributed by atoms with Gasteiger partial charge in [0.15, 0.2) is 0 Å². The summed E-state index contributed by atoms with van der Waals surface area (Å²) in [5, 5.41) is 3.13. The fourth-order valence-electron chi connectivity index (χ4n) is 3.29. The lowest BCUT2D eigenvalue weighted by atomic mass is 9.96. The molecule has 132 valence electrons. The molecule has 1 aliphatic heterocycles. The Morgan fingerprint density at radius 1 is 1.28 bits per heavy atom. The summed E-state index contributed by atoms with van der Waals surface area (Å²) in [6.45, 7) is 2.77. The highest BCUT2D eigenvalue weighted by molar-refractivity contribution is 9.10. The van der Waals surface area contributed by atoms with Crippen LogP contribution in [0.4, 0.5) is 5.69 Å². The molecule has 1 atom stereocenters. The molecule has 1 aliphatic rings. The predicted octanol–water partition coefficient (Wildman–Crippen LogP) is 5.02. The zero-order chi connectivity index (χ0) is 17.6. The number of para-hydroxylation sites is 1. The summed E-state index contributed by atoms with van der Waals surface area (Å²) in [5.74, 6) is 0.191. The normalized spacial score (nSPS) is 18.1. The van der Waals surface area contributed by atoms with Crippen molar-refractivity contribution in [2.75, 3.05) is 24.7 Å². The lowest BCUT2D eigenvalue weighted by molar-refractivity contribution is -0.121. The van der Waals surface area contributed by atoms with E-state index in [1.165, 1.54) is 5.56 Å². The smallest absolute Gasteiger partial charge is 0.228 e. The van der Waals surface area contributed by atoms with Crippen LogP contribution in [0.15, 0.2) is 57.9 Å². The van der Waals surface area contributed by atoms with Gasteiger partial charge in [0.2, 0.25) is 5.91 Å². The van der Waals surface area contributed by atoms with E-state index in [1.54, 1.807) is 11.8 Å².